The summed E-state index contributed by atoms with van der Waals surface area (Å²) in [5.74, 6) is 0. The molecule has 0 radical (unpaired) electrons. The van der Waals surface area contributed by atoms with Crippen LogP contribution in [-0.4, -0.2) is 18.5 Å². The molecule has 0 N–H and O–H groups in total. The van der Waals surface area contributed by atoms with Gasteiger partial charge in [-0.1, -0.05) is 6.07 Å². The Morgan fingerprint density at radius 3 is 2.85 bits per heavy atom. The molecule has 0 aliphatic carbocycles. The van der Waals surface area contributed by atoms with Crippen LogP contribution in [0, 0.1) is 21.4 Å². The summed E-state index contributed by atoms with van der Waals surface area (Å²) in [5, 5.41) is 21.8. The van der Waals surface area contributed by atoms with Gasteiger partial charge in [-0.05, 0) is 30.0 Å². The molecule has 0 atom stereocenters. The minimum Gasteiger partial charge on any atom is -0.374 e. The average Bonchev–Trinajstić information content (AvgIpc) is 2.97. The zero-order valence-corrected chi connectivity index (χ0v) is 11.8. The lowest BCUT2D eigenvalue weighted by Crippen LogP contribution is -2.20. The van der Waals surface area contributed by atoms with Crippen LogP contribution < -0.4 is 4.90 Å². The highest BCUT2D eigenvalue weighted by Gasteiger charge is 2.15. The molecular weight excluding hydrogens is 274 g/mol. The van der Waals surface area contributed by atoms with Gasteiger partial charge in [0.25, 0.3) is 5.69 Å². The Morgan fingerprint density at radius 2 is 2.25 bits per heavy atom. The van der Waals surface area contributed by atoms with Crippen molar-refractivity contribution in [1.29, 1.82) is 5.26 Å². The number of nitriles is 1. The van der Waals surface area contributed by atoms with E-state index in [9.17, 15) is 10.1 Å². The average molecular weight is 287 g/mol. The number of likely N-dealkylation sites (N-methyl/N-ethyl adjacent to an activating group) is 1. The monoisotopic (exact) mass is 287 g/mol. The van der Waals surface area contributed by atoms with Gasteiger partial charge >= 0.3 is 0 Å². The van der Waals surface area contributed by atoms with Crippen LogP contribution in [0.4, 0.5) is 11.4 Å². The molecule has 20 heavy (non-hydrogen) atoms. The van der Waals surface area contributed by atoms with Gasteiger partial charge in [-0.2, -0.15) is 5.26 Å². The van der Waals surface area contributed by atoms with Crippen LogP contribution in [0.15, 0.2) is 35.7 Å². The third-order valence-electron chi connectivity index (χ3n) is 3.01. The van der Waals surface area contributed by atoms with Gasteiger partial charge in [-0.25, -0.2) is 0 Å². The summed E-state index contributed by atoms with van der Waals surface area (Å²) in [5.41, 5.74) is 0.752. The second-order valence-corrected chi connectivity index (χ2v) is 5.35. The standard InChI is InChI=1S/C14H13N3O2S/c1-16(7-6-13-3-2-8-20-13)12-4-5-14(17(18)19)11(9-12)10-15/h2-5,8-9H,6-7H2,1H3. The Labute approximate surface area is 120 Å². The van der Waals surface area contributed by atoms with E-state index in [4.69, 9.17) is 5.26 Å². The van der Waals surface area contributed by atoms with Crippen molar-refractivity contribution in [3.05, 3.63) is 56.3 Å². The van der Waals surface area contributed by atoms with E-state index < -0.39 is 4.92 Å². The molecule has 0 saturated carbocycles. The first-order valence-electron chi connectivity index (χ1n) is 6.04. The summed E-state index contributed by atoms with van der Waals surface area (Å²) in [7, 11) is 1.91. The van der Waals surface area contributed by atoms with Crippen molar-refractivity contribution in [3.8, 4) is 6.07 Å². The van der Waals surface area contributed by atoms with Gasteiger partial charge in [-0.15, -0.1) is 11.3 Å². The molecule has 0 unspecified atom stereocenters. The number of benzene rings is 1. The molecule has 1 heterocycles. The van der Waals surface area contributed by atoms with Gasteiger partial charge in [0.2, 0.25) is 0 Å². The van der Waals surface area contributed by atoms with Crippen molar-refractivity contribution in [3.63, 3.8) is 0 Å². The third kappa shape index (κ3) is 3.13. The number of nitro benzene ring substituents is 1. The Hall–Kier alpha value is -2.39. The molecule has 102 valence electrons. The maximum atomic E-state index is 10.8. The smallest absolute Gasteiger partial charge is 0.287 e. The van der Waals surface area contributed by atoms with E-state index in [0.717, 1.165) is 18.7 Å². The number of hydrogen-bond acceptors (Lipinski definition) is 5. The molecule has 2 rings (SSSR count). The lowest BCUT2D eigenvalue weighted by atomic mass is 10.1. The van der Waals surface area contributed by atoms with E-state index in [2.05, 4.69) is 6.07 Å². The Balaban J connectivity index is 2.12. The summed E-state index contributed by atoms with van der Waals surface area (Å²) < 4.78 is 0. The fraction of sp³-hybridized carbons (Fsp3) is 0.214. The number of hydrogen-bond donors (Lipinski definition) is 0. The van der Waals surface area contributed by atoms with Crippen molar-refractivity contribution in [1.82, 2.24) is 0 Å². The van der Waals surface area contributed by atoms with Crippen molar-refractivity contribution < 1.29 is 4.92 Å². The van der Waals surface area contributed by atoms with Crippen LogP contribution in [0.3, 0.4) is 0 Å². The third-order valence-corrected chi connectivity index (χ3v) is 3.95. The second-order valence-electron chi connectivity index (χ2n) is 4.32. The molecule has 0 aliphatic heterocycles. The predicted octanol–water partition coefficient (Wildman–Crippen LogP) is 3.21. The molecule has 0 bridgehead atoms. The molecule has 1 aromatic heterocycles. The Bertz CT molecular complexity index is 647. The molecule has 2 aromatic rings. The Kier molecular flexibility index (Phi) is 4.33. The molecule has 0 fully saturated rings. The van der Waals surface area contributed by atoms with Gasteiger partial charge in [0.05, 0.1) is 4.92 Å². The first kappa shape index (κ1) is 14.0. The van der Waals surface area contributed by atoms with Crippen LogP contribution in [0.1, 0.15) is 10.4 Å². The summed E-state index contributed by atoms with van der Waals surface area (Å²) in [6.07, 6.45) is 0.910. The highest BCUT2D eigenvalue weighted by Crippen LogP contribution is 2.24. The van der Waals surface area contributed by atoms with Crippen LogP contribution in [0.25, 0.3) is 0 Å². The number of anilines is 1. The summed E-state index contributed by atoms with van der Waals surface area (Å²) in [4.78, 5) is 13.5. The quantitative estimate of drug-likeness (QED) is 0.625. The zero-order valence-electron chi connectivity index (χ0n) is 10.9. The maximum absolute atomic E-state index is 10.8. The fourth-order valence-corrected chi connectivity index (χ4v) is 2.57. The summed E-state index contributed by atoms with van der Waals surface area (Å²) in [6, 6.07) is 10.6. The normalized spacial score (nSPS) is 10.0. The molecule has 0 aliphatic rings. The van der Waals surface area contributed by atoms with Crippen LogP contribution in [0.5, 0.6) is 0 Å². The molecule has 1 aromatic carbocycles. The largest absolute Gasteiger partial charge is 0.374 e. The molecule has 0 saturated heterocycles. The highest BCUT2D eigenvalue weighted by atomic mass is 32.1. The van der Waals surface area contributed by atoms with Crippen LogP contribution in [0.2, 0.25) is 0 Å². The van der Waals surface area contributed by atoms with Crippen molar-refractivity contribution in [2.45, 2.75) is 6.42 Å². The minimum atomic E-state index is -0.534. The molecule has 6 heteroatoms. The first-order valence-corrected chi connectivity index (χ1v) is 6.92. The first-order chi connectivity index (χ1) is 9.61. The molecule has 0 spiro atoms. The lowest BCUT2D eigenvalue weighted by molar-refractivity contribution is -0.385. The van der Waals surface area contributed by atoms with E-state index in [-0.39, 0.29) is 11.3 Å². The fourth-order valence-electron chi connectivity index (χ4n) is 1.87. The minimum absolute atomic E-state index is 0.0930. The van der Waals surface area contributed by atoms with Crippen LogP contribution >= 0.6 is 11.3 Å². The van der Waals surface area contributed by atoms with Gasteiger partial charge in [0, 0.05) is 30.2 Å². The summed E-state index contributed by atoms with van der Waals surface area (Å²) >= 11 is 1.71. The highest BCUT2D eigenvalue weighted by molar-refractivity contribution is 7.09. The number of rotatable bonds is 5. The Morgan fingerprint density at radius 1 is 1.45 bits per heavy atom. The second kappa shape index (κ2) is 6.17. The number of thiophene rings is 1. The van der Waals surface area contributed by atoms with E-state index >= 15 is 0 Å². The molecular formula is C14H13N3O2S. The van der Waals surface area contributed by atoms with E-state index in [1.807, 2.05) is 29.5 Å². The van der Waals surface area contributed by atoms with Crippen molar-refractivity contribution >= 4 is 22.7 Å². The van der Waals surface area contributed by atoms with Gasteiger partial charge in [0.15, 0.2) is 0 Å². The zero-order chi connectivity index (χ0) is 14.5. The van der Waals surface area contributed by atoms with E-state index in [0.29, 0.717) is 0 Å². The van der Waals surface area contributed by atoms with E-state index in [1.165, 1.54) is 10.9 Å². The lowest BCUT2D eigenvalue weighted by Gasteiger charge is -2.19. The maximum Gasteiger partial charge on any atom is 0.287 e. The van der Waals surface area contributed by atoms with Gasteiger partial charge < -0.3 is 4.90 Å². The predicted molar refractivity (Wildman–Crippen MR) is 79.1 cm³/mol. The summed E-state index contributed by atoms with van der Waals surface area (Å²) in [6.45, 7) is 0.795. The van der Waals surface area contributed by atoms with Gasteiger partial charge in [-0.3, -0.25) is 10.1 Å². The van der Waals surface area contributed by atoms with E-state index in [1.54, 1.807) is 23.5 Å². The molecule has 5 nitrogen and oxygen atoms in total. The van der Waals surface area contributed by atoms with Crippen molar-refractivity contribution in [2.24, 2.45) is 0 Å². The number of nitrogens with zero attached hydrogens (tertiary/aromatic N) is 3. The van der Waals surface area contributed by atoms with Gasteiger partial charge in [0.1, 0.15) is 11.6 Å². The molecule has 0 amide bonds. The number of nitro groups is 1. The van der Waals surface area contributed by atoms with Crippen molar-refractivity contribution in [2.75, 3.05) is 18.5 Å². The van der Waals surface area contributed by atoms with Crippen LogP contribution in [-0.2, 0) is 6.42 Å². The SMILES string of the molecule is CN(CCc1cccs1)c1ccc([N+](=O)[O-])c(C#N)c1. The topological polar surface area (TPSA) is 70.2 Å².